The summed E-state index contributed by atoms with van der Waals surface area (Å²) in [7, 11) is 3.49. The minimum Gasteiger partial charge on any atom is -0.389 e. The number of hydrogen-bond donors (Lipinski definition) is 2. The van der Waals surface area contributed by atoms with Gasteiger partial charge in [0.25, 0.3) is 0 Å². The van der Waals surface area contributed by atoms with E-state index in [9.17, 15) is 10.2 Å². The van der Waals surface area contributed by atoms with Crippen LogP contribution in [0.5, 0.6) is 0 Å². The maximum atomic E-state index is 9.70. The predicted molar refractivity (Wildman–Crippen MR) is 72.8 cm³/mol. The van der Waals surface area contributed by atoms with Crippen molar-refractivity contribution < 1.29 is 14.9 Å². The van der Waals surface area contributed by atoms with Crippen LogP contribution in [-0.2, 0) is 4.74 Å². The standard InChI is InChI=1S/C14H23NO3/c1-4-14(17)11-5-7-12(8-6-11)15(2)9-13(16)10-18-3/h5-8,13-14,16-17H,4,9-10H2,1-3H3/t13?,14-/m1/s1. The number of aliphatic hydroxyl groups excluding tert-OH is 2. The molecule has 2 N–H and O–H groups in total. The third kappa shape index (κ3) is 4.29. The zero-order valence-electron chi connectivity index (χ0n) is 11.3. The van der Waals surface area contributed by atoms with Gasteiger partial charge in [-0.3, -0.25) is 0 Å². The first-order valence-electron chi connectivity index (χ1n) is 6.24. The molecule has 0 aliphatic heterocycles. The summed E-state index contributed by atoms with van der Waals surface area (Å²) in [6.07, 6.45) is -0.189. The largest absolute Gasteiger partial charge is 0.389 e. The number of benzene rings is 1. The van der Waals surface area contributed by atoms with E-state index < -0.39 is 12.2 Å². The zero-order valence-corrected chi connectivity index (χ0v) is 11.3. The molecule has 18 heavy (non-hydrogen) atoms. The number of likely N-dealkylation sites (N-methyl/N-ethyl adjacent to an activating group) is 1. The highest BCUT2D eigenvalue weighted by atomic mass is 16.5. The van der Waals surface area contributed by atoms with Gasteiger partial charge in [-0.1, -0.05) is 19.1 Å². The molecule has 1 aromatic carbocycles. The summed E-state index contributed by atoms with van der Waals surface area (Å²) in [5, 5.41) is 19.4. The van der Waals surface area contributed by atoms with Crippen LogP contribution in [0.15, 0.2) is 24.3 Å². The lowest BCUT2D eigenvalue weighted by Crippen LogP contribution is -2.31. The third-order valence-electron chi connectivity index (χ3n) is 2.95. The van der Waals surface area contributed by atoms with E-state index >= 15 is 0 Å². The van der Waals surface area contributed by atoms with Crippen LogP contribution in [0, 0.1) is 0 Å². The van der Waals surface area contributed by atoms with Gasteiger partial charge in [0.1, 0.15) is 0 Å². The van der Waals surface area contributed by atoms with E-state index in [-0.39, 0.29) is 0 Å². The minimum absolute atomic E-state index is 0.330. The van der Waals surface area contributed by atoms with Crippen molar-refractivity contribution in [2.45, 2.75) is 25.6 Å². The smallest absolute Gasteiger partial charge is 0.0947 e. The van der Waals surface area contributed by atoms with Gasteiger partial charge in [0.2, 0.25) is 0 Å². The molecular weight excluding hydrogens is 230 g/mol. The van der Waals surface area contributed by atoms with E-state index in [0.717, 1.165) is 11.3 Å². The summed E-state index contributed by atoms with van der Waals surface area (Å²) < 4.78 is 4.90. The second kappa shape index (κ2) is 7.36. The molecule has 0 aliphatic rings. The average molecular weight is 253 g/mol. The van der Waals surface area contributed by atoms with Crippen LogP contribution in [0.3, 0.4) is 0 Å². The maximum absolute atomic E-state index is 9.70. The fraction of sp³-hybridized carbons (Fsp3) is 0.571. The summed E-state index contributed by atoms with van der Waals surface area (Å²) in [5.41, 5.74) is 1.93. The fourth-order valence-electron chi connectivity index (χ4n) is 1.85. The Labute approximate surface area is 109 Å². The highest BCUT2D eigenvalue weighted by molar-refractivity contribution is 5.47. The number of methoxy groups -OCH3 is 1. The van der Waals surface area contributed by atoms with E-state index in [2.05, 4.69) is 0 Å². The molecule has 2 atom stereocenters. The van der Waals surface area contributed by atoms with Crippen LogP contribution in [0.2, 0.25) is 0 Å². The van der Waals surface area contributed by atoms with Gasteiger partial charge in [-0.2, -0.15) is 0 Å². The Bertz CT molecular complexity index is 339. The van der Waals surface area contributed by atoms with Gasteiger partial charge in [-0.25, -0.2) is 0 Å². The molecule has 102 valence electrons. The van der Waals surface area contributed by atoms with Crippen LogP contribution < -0.4 is 4.90 Å². The van der Waals surface area contributed by atoms with E-state index in [1.165, 1.54) is 0 Å². The van der Waals surface area contributed by atoms with Crippen LogP contribution in [0.25, 0.3) is 0 Å². The summed E-state index contributed by atoms with van der Waals surface area (Å²) in [4.78, 5) is 1.96. The molecule has 0 bridgehead atoms. The summed E-state index contributed by atoms with van der Waals surface area (Å²) in [6, 6.07) is 7.74. The lowest BCUT2D eigenvalue weighted by molar-refractivity contribution is 0.0695. The van der Waals surface area contributed by atoms with Crippen LogP contribution >= 0.6 is 0 Å². The highest BCUT2D eigenvalue weighted by Gasteiger charge is 2.09. The molecule has 1 unspecified atom stereocenters. The van der Waals surface area contributed by atoms with Crippen molar-refractivity contribution in [3.8, 4) is 0 Å². The molecule has 4 heteroatoms. The number of aliphatic hydroxyl groups is 2. The monoisotopic (exact) mass is 253 g/mol. The van der Waals surface area contributed by atoms with Crippen molar-refractivity contribution in [1.82, 2.24) is 0 Å². The predicted octanol–water partition coefficient (Wildman–Crippen LogP) is 1.57. The molecule has 1 rings (SSSR count). The van der Waals surface area contributed by atoms with Crippen molar-refractivity contribution in [2.24, 2.45) is 0 Å². The molecule has 0 amide bonds. The Morgan fingerprint density at radius 2 is 1.83 bits per heavy atom. The Morgan fingerprint density at radius 3 is 2.33 bits per heavy atom. The average Bonchev–Trinajstić information content (AvgIpc) is 2.38. The summed E-state index contributed by atoms with van der Waals surface area (Å²) >= 11 is 0. The molecule has 4 nitrogen and oxygen atoms in total. The van der Waals surface area contributed by atoms with E-state index in [0.29, 0.717) is 19.6 Å². The van der Waals surface area contributed by atoms with E-state index in [4.69, 9.17) is 4.74 Å². The normalized spacial score (nSPS) is 14.3. The number of nitrogens with zero attached hydrogens (tertiary/aromatic N) is 1. The number of hydrogen-bond acceptors (Lipinski definition) is 4. The molecule has 0 heterocycles. The van der Waals surface area contributed by atoms with Gasteiger partial charge in [0.05, 0.1) is 18.8 Å². The number of ether oxygens (including phenoxy) is 1. The zero-order chi connectivity index (χ0) is 13.5. The molecule has 0 spiro atoms. The van der Waals surface area contributed by atoms with Gasteiger partial charge in [0.15, 0.2) is 0 Å². The lowest BCUT2D eigenvalue weighted by atomic mass is 10.1. The summed E-state index contributed by atoms with van der Waals surface area (Å²) in [6.45, 7) is 2.80. The Kier molecular flexibility index (Phi) is 6.12. The molecule has 0 aliphatic carbocycles. The molecule has 0 radical (unpaired) electrons. The van der Waals surface area contributed by atoms with Crippen molar-refractivity contribution in [3.05, 3.63) is 29.8 Å². The van der Waals surface area contributed by atoms with Gasteiger partial charge < -0.3 is 19.8 Å². The van der Waals surface area contributed by atoms with Gasteiger partial charge in [-0.05, 0) is 24.1 Å². The second-order valence-corrected chi connectivity index (χ2v) is 4.51. The van der Waals surface area contributed by atoms with Gasteiger partial charge in [0, 0.05) is 26.4 Å². The minimum atomic E-state index is -0.499. The number of rotatable bonds is 7. The van der Waals surface area contributed by atoms with Gasteiger partial charge in [-0.15, -0.1) is 0 Å². The molecule has 0 fully saturated rings. The van der Waals surface area contributed by atoms with Crippen molar-refractivity contribution >= 4 is 5.69 Å². The number of anilines is 1. The molecule has 1 aromatic rings. The van der Waals surface area contributed by atoms with Crippen molar-refractivity contribution in [1.29, 1.82) is 0 Å². The molecule has 0 aromatic heterocycles. The first kappa shape index (κ1) is 15.0. The lowest BCUT2D eigenvalue weighted by Gasteiger charge is -2.23. The molecule has 0 saturated carbocycles. The highest BCUT2D eigenvalue weighted by Crippen LogP contribution is 2.20. The summed E-state index contributed by atoms with van der Waals surface area (Å²) in [5.74, 6) is 0. The van der Waals surface area contributed by atoms with Crippen LogP contribution in [0.4, 0.5) is 5.69 Å². The first-order valence-corrected chi connectivity index (χ1v) is 6.24. The van der Waals surface area contributed by atoms with Gasteiger partial charge >= 0.3 is 0 Å². The maximum Gasteiger partial charge on any atom is 0.0947 e. The van der Waals surface area contributed by atoms with E-state index in [1.54, 1.807) is 7.11 Å². The van der Waals surface area contributed by atoms with Crippen LogP contribution in [-0.4, -0.2) is 43.6 Å². The molecule has 0 saturated heterocycles. The van der Waals surface area contributed by atoms with Crippen molar-refractivity contribution in [2.75, 3.05) is 32.2 Å². The Hall–Kier alpha value is -1.10. The SMILES string of the molecule is CC[C@@H](O)c1ccc(N(C)CC(O)COC)cc1. The Balaban J connectivity index is 2.61. The first-order chi connectivity index (χ1) is 8.58. The Morgan fingerprint density at radius 1 is 1.22 bits per heavy atom. The molecular formula is C14H23NO3. The fourth-order valence-corrected chi connectivity index (χ4v) is 1.85. The topological polar surface area (TPSA) is 52.9 Å². The van der Waals surface area contributed by atoms with Crippen LogP contribution in [0.1, 0.15) is 25.0 Å². The second-order valence-electron chi connectivity index (χ2n) is 4.51. The van der Waals surface area contributed by atoms with Crippen molar-refractivity contribution in [3.63, 3.8) is 0 Å². The third-order valence-corrected chi connectivity index (χ3v) is 2.95. The quantitative estimate of drug-likeness (QED) is 0.774. The van der Waals surface area contributed by atoms with E-state index in [1.807, 2.05) is 43.1 Å².